The largest absolute Gasteiger partial charge is 0.444 e. The van der Waals surface area contributed by atoms with Crippen molar-refractivity contribution < 1.29 is 13.2 Å². The molecule has 6 heteroatoms. The highest BCUT2D eigenvalue weighted by Gasteiger charge is 2.34. The van der Waals surface area contributed by atoms with Gasteiger partial charge in [-0.25, -0.2) is 4.99 Å². The number of alkyl halides is 3. The van der Waals surface area contributed by atoms with Crippen LogP contribution in [0.4, 0.5) is 18.9 Å². The summed E-state index contributed by atoms with van der Waals surface area (Å²) in [6.07, 6.45) is -4.59. The van der Waals surface area contributed by atoms with E-state index in [1.165, 1.54) is 12.1 Å². The van der Waals surface area contributed by atoms with Gasteiger partial charge < -0.3 is 0 Å². The summed E-state index contributed by atoms with van der Waals surface area (Å²) in [5, 5.41) is -1.37. The Labute approximate surface area is 98.1 Å². The first kappa shape index (κ1) is 12.5. The average Bonchev–Trinajstić information content (AvgIpc) is 2.10. The maximum atomic E-state index is 12.0. The molecule has 0 aliphatic carbocycles. The number of rotatable bonds is 1. The van der Waals surface area contributed by atoms with Crippen molar-refractivity contribution in [1.29, 1.82) is 0 Å². The summed E-state index contributed by atoms with van der Waals surface area (Å²) in [7, 11) is 0. The zero-order chi connectivity index (χ0) is 11.6. The van der Waals surface area contributed by atoms with Crippen molar-refractivity contribution in [3.05, 3.63) is 28.2 Å². The summed E-state index contributed by atoms with van der Waals surface area (Å²) in [6.45, 7) is 1.75. The van der Waals surface area contributed by atoms with Crippen molar-refractivity contribution in [3.63, 3.8) is 0 Å². The molecule has 0 spiro atoms. The molecule has 1 nitrogen and oxygen atoms in total. The summed E-state index contributed by atoms with van der Waals surface area (Å²) in [6, 6.07) is 4.58. The molecule has 0 radical (unpaired) electrons. The molecular weight excluding hydrogens is 294 g/mol. The first-order chi connectivity index (χ1) is 6.80. The lowest BCUT2D eigenvalue weighted by Gasteiger charge is -2.04. The zero-order valence-corrected chi connectivity index (χ0v) is 9.91. The normalized spacial score (nSPS) is 13.1. The maximum Gasteiger partial charge on any atom is 0.444 e. The fourth-order valence-electron chi connectivity index (χ4n) is 0.875. The second-order valence-corrected chi connectivity index (χ2v) is 4.05. The Balaban J connectivity index is 3.04. The van der Waals surface area contributed by atoms with Gasteiger partial charge in [0.1, 0.15) is 0 Å². The van der Waals surface area contributed by atoms with Crippen LogP contribution in [0.15, 0.2) is 27.7 Å². The van der Waals surface area contributed by atoms with Gasteiger partial charge in [-0.2, -0.15) is 13.2 Å². The van der Waals surface area contributed by atoms with E-state index in [-0.39, 0.29) is 5.69 Å². The monoisotopic (exact) mass is 299 g/mol. The number of halogens is 5. The number of aryl methyl sites for hydroxylation is 1. The summed E-state index contributed by atoms with van der Waals surface area (Å²) < 4.78 is 36.9. The van der Waals surface area contributed by atoms with Crippen LogP contribution >= 0.6 is 27.5 Å². The van der Waals surface area contributed by atoms with E-state index in [1.54, 1.807) is 13.0 Å². The third-order valence-electron chi connectivity index (χ3n) is 1.60. The average molecular weight is 301 g/mol. The van der Waals surface area contributed by atoms with Crippen molar-refractivity contribution in [2.45, 2.75) is 13.1 Å². The van der Waals surface area contributed by atoms with Gasteiger partial charge in [-0.3, -0.25) is 0 Å². The Morgan fingerprint density at radius 2 is 2.00 bits per heavy atom. The van der Waals surface area contributed by atoms with Crippen LogP contribution < -0.4 is 0 Å². The third kappa shape index (κ3) is 3.50. The van der Waals surface area contributed by atoms with Crippen LogP contribution in [0, 0.1) is 6.92 Å². The lowest BCUT2D eigenvalue weighted by Crippen LogP contribution is -2.16. The van der Waals surface area contributed by atoms with Gasteiger partial charge in [0.05, 0.1) is 5.69 Å². The predicted molar refractivity (Wildman–Crippen MR) is 57.9 cm³/mol. The fraction of sp³-hybridized carbons (Fsp3) is 0.222. The lowest BCUT2D eigenvalue weighted by atomic mass is 10.2. The predicted octanol–water partition coefficient (Wildman–Crippen LogP) is 4.59. The van der Waals surface area contributed by atoms with E-state index >= 15 is 0 Å². The van der Waals surface area contributed by atoms with Crippen molar-refractivity contribution in [2.75, 3.05) is 0 Å². The molecule has 0 aliphatic rings. The summed E-state index contributed by atoms with van der Waals surface area (Å²) in [4.78, 5) is 3.27. The van der Waals surface area contributed by atoms with Gasteiger partial charge in [0, 0.05) is 4.47 Å². The summed E-state index contributed by atoms with van der Waals surface area (Å²) in [5.74, 6) is 0. The van der Waals surface area contributed by atoms with Gasteiger partial charge in [-0.05, 0) is 30.7 Å². The number of hydrogen-bond donors (Lipinski definition) is 0. The first-order valence-electron chi connectivity index (χ1n) is 3.88. The molecule has 0 atom stereocenters. The van der Waals surface area contributed by atoms with Crippen LogP contribution in [0.3, 0.4) is 0 Å². The molecule has 0 N–H and O–H groups in total. The van der Waals surface area contributed by atoms with E-state index in [0.29, 0.717) is 0 Å². The molecule has 0 aliphatic heterocycles. The molecule has 0 amide bonds. The number of aliphatic imine (C=N–C) groups is 1. The van der Waals surface area contributed by atoms with E-state index in [2.05, 4.69) is 20.9 Å². The second kappa shape index (κ2) is 4.53. The smallest absolute Gasteiger partial charge is 0.232 e. The second-order valence-electron chi connectivity index (χ2n) is 2.83. The van der Waals surface area contributed by atoms with E-state index in [9.17, 15) is 13.2 Å². The van der Waals surface area contributed by atoms with Crippen LogP contribution in [0.5, 0.6) is 0 Å². The standard InChI is InChI=1S/C9H6BrClF3N/c1-5-4-6(2-3-7(5)10)15-8(11)9(12,13)14/h2-4H,1H3. The van der Waals surface area contributed by atoms with Gasteiger partial charge in [-0.1, -0.05) is 27.5 Å². The van der Waals surface area contributed by atoms with Gasteiger partial charge in [-0.15, -0.1) is 0 Å². The molecule has 0 aromatic heterocycles. The third-order valence-corrected chi connectivity index (χ3v) is 2.79. The van der Waals surface area contributed by atoms with Gasteiger partial charge in [0.15, 0.2) is 0 Å². The van der Waals surface area contributed by atoms with E-state index in [4.69, 9.17) is 11.6 Å². The molecule has 1 aromatic carbocycles. The Bertz CT molecular complexity index is 401. The Morgan fingerprint density at radius 3 is 2.47 bits per heavy atom. The highest BCUT2D eigenvalue weighted by molar-refractivity contribution is 9.10. The topological polar surface area (TPSA) is 12.4 Å². The molecule has 1 aromatic rings. The fourth-order valence-corrected chi connectivity index (χ4v) is 1.22. The van der Waals surface area contributed by atoms with Gasteiger partial charge in [0.25, 0.3) is 0 Å². The van der Waals surface area contributed by atoms with Crippen LogP contribution in [0.25, 0.3) is 0 Å². The molecule has 0 unspecified atom stereocenters. The number of hydrogen-bond acceptors (Lipinski definition) is 1. The van der Waals surface area contributed by atoms with E-state index in [1.807, 2.05) is 0 Å². The number of nitrogens with zero attached hydrogens (tertiary/aromatic N) is 1. The van der Waals surface area contributed by atoms with Crippen LogP contribution in [-0.2, 0) is 0 Å². The highest BCUT2D eigenvalue weighted by Crippen LogP contribution is 2.26. The summed E-state index contributed by atoms with van der Waals surface area (Å²) >= 11 is 8.23. The highest BCUT2D eigenvalue weighted by atomic mass is 79.9. The molecule has 0 saturated heterocycles. The quantitative estimate of drug-likeness (QED) is 0.673. The minimum atomic E-state index is -4.59. The minimum absolute atomic E-state index is 0.179. The molecule has 0 fully saturated rings. The zero-order valence-electron chi connectivity index (χ0n) is 7.57. The molecular formula is C9H6BrClF3N. The van der Waals surface area contributed by atoms with E-state index < -0.39 is 11.3 Å². The Morgan fingerprint density at radius 1 is 1.40 bits per heavy atom. The molecule has 0 bridgehead atoms. The molecule has 0 saturated carbocycles. The molecule has 15 heavy (non-hydrogen) atoms. The van der Waals surface area contributed by atoms with Crippen molar-refractivity contribution >= 4 is 38.4 Å². The SMILES string of the molecule is Cc1cc(N=C(Cl)C(F)(F)F)ccc1Br. The Hall–Kier alpha value is -0.550. The Kier molecular flexibility index (Phi) is 3.78. The molecule has 82 valence electrons. The van der Waals surface area contributed by atoms with E-state index in [0.717, 1.165) is 10.0 Å². The maximum absolute atomic E-state index is 12.0. The first-order valence-corrected chi connectivity index (χ1v) is 5.05. The van der Waals surface area contributed by atoms with Gasteiger partial charge >= 0.3 is 6.18 Å². The minimum Gasteiger partial charge on any atom is -0.232 e. The van der Waals surface area contributed by atoms with Gasteiger partial charge in [0.2, 0.25) is 5.17 Å². The van der Waals surface area contributed by atoms with Crippen molar-refractivity contribution in [2.24, 2.45) is 4.99 Å². The van der Waals surface area contributed by atoms with Crippen LogP contribution in [-0.4, -0.2) is 11.3 Å². The van der Waals surface area contributed by atoms with Crippen molar-refractivity contribution in [3.8, 4) is 0 Å². The molecule has 0 heterocycles. The van der Waals surface area contributed by atoms with Crippen molar-refractivity contribution in [1.82, 2.24) is 0 Å². The lowest BCUT2D eigenvalue weighted by molar-refractivity contribution is -0.0558. The van der Waals surface area contributed by atoms with Crippen LogP contribution in [0.1, 0.15) is 5.56 Å². The summed E-state index contributed by atoms with van der Waals surface area (Å²) in [5.41, 5.74) is 0.973. The number of benzene rings is 1. The molecule has 1 rings (SSSR count). The van der Waals surface area contributed by atoms with Crippen LogP contribution in [0.2, 0.25) is 0 Å².